The van der Waals surface area contributed by atoms with Crippen LogP contribution in [0.3, 0.4) is 0 Å². The molecule has 1 saturated heterocycles. The predicted octanol–water partition coefficient (Wildman–Crippen LogP) is 2.39. The van der Waals surface area contributed by atoms with Crippen molar-refractivity contribution in [3.05, 3.63) is 92.5 Å². The second-order valence-electron chi connectivity index (χ2n) is 9.43. The Kier molecular flexibility index (Phi) is 4.93. The summed E-state index contributed by atoms with van der Waals surface area (Å²) in [5.74, 6) is -3.18. The number of benzene rings is 2. The smallest absolute Gasteiger partial charge is 0.347 e. The van der Waals surface area contributed by atoms with Crippen LogP contribution < -0.4 is 16.3 Å². The van der Waals surface area contributed by atoms with Gasteiger partial charge in [0.15, 0.2) is 9.75 Å². The van der Waals surface area contributed by atoms with Gasteiger partial charge < -0.3 is 5.11 Å². The highest BCUT2D eigenvalue weighted by Gasteiger charge is 2.75. The summed E-state index contributed by atoms with van der Waals surface area (Å²) in [5.41, 5.74) is -0.00221. The molecule has 4 atom stereocenters. The number of aromatic nitrogens is 3. The van der Waals surface area contributed by atoms with Gasteiger partial charge in [0, 0.05) is 19.4 Å². The maximum atomic E-state index is 14.0. The summed E-state index contributed by atoms with van der Waals surface area (Å²) >= 11 is 14.3. The molecule has 2 fully saturated rings. The number of imide groups is 1. The Morgan fingerprint density at radius 1 is 0.946 bits per heavy atom. The minimum absolute atomic E-state index is 0.0237. The lowest BCUT2D eigenvalue weighted by Crippen LogP contribution is -2.59. The van der Waals surface area contributed by atoms with Crippen LogP contribution in [0.15, 0.2) is 69.8 Å². The number of phenols is 1. The number of anilines is 1. The lowest BCUT2D eigenvalue weighted by molar-refractivity contribution is -0.122. The van der Waals surface area contributed by atoms with E-state index in [1.807, 2.05) is 0 Å². The van der Waals surface area contributed by atoms with Crippen LogP contribution in [0.5, 0.6) is 5.75 Å². The third-order valence-corrected chi connectivity index (χ3v) is 8.99. The number of halogens is 3. The molecule has 190 valence electrons. The topological polar surface area (TPSA) is 107 Å². The number of alkyl halides is 2. The van der Waals surface area contributed by atoms with Crippen LogP contribution in [0.25, 0.3) is 0 Å². The number of carbonyl (C=O) groups excluding carboxylic acids is 2. The maximum Gasteiger partial charge on any atom is 0.347 e. The fourth-order valence-electron chi connectivity index (χ4n) is 5.81. The van der Waals surface area contributed by atoms with Crippen molar-refractivity contribution >= 4 is 40.7 Å². The van der Waals surface area contributed by atoms with Crippen LogP contribution in [0.1, 0.15) is 23.9 Å². The van der Waals surface area contributed by atoms with Gasteiger partial charge in [-0.05, 0) is 47.5 Å². The number of rotatable bonds is 2. The molecule has 0 radical (unpaired) electrons. The number of amides is 2. The molecule has 9 nitrogen and oxygen atoms in total. The molecule has 0 unspecified atom stereocenters. The van der Waals surface area contributed by atoms with Crippen LogP contribution in [0.4, 0.5) is 10.1 Å². The van der Waals surface area contributed by atoms with E-state index in [9.17, 15) is 28.7 Å². The number of aromatic hydroxyl groups is 1. The summed E-state index contributed by atoms with van der Waals surface area (Å²) in [5, 5.41) is 9.88. The van der Waals surface area contributed by atoms with Gasteiger partial charge in [-0.3, -0.25) is 9.59 Å². The Hall–Kier alpha value is -3.63. The summed E-state index contributed by atoms with van der Waals surface area (Å²) in [6.45, 7) is 0.0431. The van der Waals surface area contributed by atoms with E-state index in [1.165, 1.54) is 40.7 Å². The number of hydrogen-bond acceptors (Lipinski definition) is 5. The van der Waals surface area contributed by atoms with Crippen LogP contribution in [-0.4, -0.2) is 40.6 Å². The fourth-order valence-corrected chi connectivity index (χ4v) is 6.73. The molecule has 37 heavy (non-hydrogen) atoms. The van der Waals surface area contributed by atoms with Gasteiger partial charge in [-0.1, -0.05) is 18.2 Å². The highest BCUT2D eigenvalue weighted by atomic mass is 35.5. The number of hydrogen-bond donors (Lipinski definition) is 1. The number of nitrogens with zero attached hydrogens (tertiary/aromatic N) is 4. The quantitative estimate of drug-likeness (QED) is 0.303. The molecule has 2 aliphatic heterocycles. The van der Waals surface area contributed by atoms with Gasteiger partial charge in [0.05, 0.1) is 18.3 Å². The Morgan fingerprint density at radius 3 is 2.24 bits per heavy atom. The van der Waals surface area contributed by atoms with Gasteiger partial charge in [-0.15, -0.1) is 23.2 Å². The SMILES string of the molecule is Cn1c(=O)n2n(c1=O)[C@@H]1C[C@@]3(Cl)C(=O)N(c4ccc(F)cc4)C(=O)[C@@]3(Cl)[C@@H](c3ccc(O)cc3)C1=CC2. The van der Waals surface area contributed by atoms with Gasteiger partial charge in [-0.25, -0.2) is 32.8 Å². The van der Waals surface area contributed by atoms with Gasteiger partial charge in [0.25, 0.3) is 11.8 Å². The number of phenolic OH excluding ortho intramolecular Hbond substituents is 1. The molecule has 0 bridgehead atoms. The van der Waals surface area contributed by atoms with E-state index in [-0.39, 0.29) is 24.4 Å². The first-order valence-corrected chi connectivity index (χ1v) is 12.2. The summed E-state index contributed by atoms with van der Waals surface area (Å²) in [7, 11) is 1.35. The first kappa shape index (κ1) is 23.7. The van der Waals surface area contributed by atoms with E-state index >= 15 is 0 Å². The molecule has 3 aliphatic rings. The molecular weight excluding hydrogens is 526 g/mol. The second-order valence-corrected chi connectivity index (χ2v) is 10.7. The van der Waals surface area contributed by atoms with E-state index in [4.69, 9.17) is 23.2 Å². The number of carbonyl (C=O) groups is 2. The first-order chi connectivity index (χ1) is 17.5. The molecule has 0 spiro atoms. The zero-order valence-corrected chi connectivity index (χ0v) is 20.8. The molecule has 2 amide bonds. The summed E-state index contributed by atoms with van der Waals surface area (Å²) in [6.07, 6.45) is 1.48. The lowest BCUT2D eigenvalue weighted by Gasteiger charge is -2.49. The second kappa shape index (κ2) is 7.69. The van der Waals surface area contributed by atoms with Gasteiger partial charge in [-0.2, -0.15) is 0 Å². The van der Waals surface area contributed by atoms with Crippen molar-refractivity contribution < 1.29 is 19.1 Å². The van der Waals surface area contributed by atoms with Crippen LogP contribution in [0.2, 0.25) is 0 Å². The fraction of sp³-hybridized carbons (Fsp3) is 0.280. The Balaban J connectivity index is 1.61. The van der Waals surface area contributed by atoms with Crippen molar-refractivity contribution in [1.82, 2.24) is 13.9 Å². The highest BCUT2D eigenvalue weighted by molar-refractivity contribution is 6.58. The van der Waals surface area contributed by atoms with Crippen molar-refractivity contribution in [3.8, 4) is 5.75 Å². The molecule has 1 aliphatic carbocycles. The van der Waals surface area contributed by atoms with E-state index in [0.717, 1.165) is 21.6 Å². The normalized spacial score (nSPS) is 28.5. The van der Waals surface area contributed by atoms with Gasteiger partial charge >= 0.3 is 11.4 Å². The zero-order chi connectivity index (χ0) is 26.4. The minimum atomic E-state index is -2.03. The molecule has 3 aromatic rings. The first-order valence-electron chi connectivity index (χ1n) is 11.4. The summed E-state index contributed by atoms with van der Waals surface area (Å²) in [4.78, 5) is 50.5. The average molecular weight is 545 g/mol. The predicted molar refractivity (Wildman–Crippen MR) is 133 cm³/mol. The third kappa shape index (κ3) is 2.91. The largest absolute Gasteiger partial charge is 0.508 e. The molecular formula is C25H19Cl2FN4O5. The van der Waals surface area contributed by atoms with E-state index in [2.05, 4.69) is 0 Å². The summed E-state index contributed by atoms with van der Waals surface area (Å²) < 4.78 is 17.1. The van der Waals surface area contributed by atoms with Crippen molar-refractivity contribution in [2.75, 3.05) is 4.90 Å². The number of fused-ring (bicyclic) bond motifs is 4. The monoisotopic (exact) mass is 544 g/mol. The van der Waals surface area contributed by atoms with Crippen molar-refractivity contribution in [2.45, 2.75) is 34.7 Å². The standard InChI is InChI=1S/C25H19Cl2FN4O5/c1-29-22(36)30-11-10-17-18(32(30)23(29)37)12-24(26)20(34)31(15-6-4-14(28)5-7-15)21(35)25(24,27)19(17)13-2-8-16(33)9-3-13/h2-10,18-19,33H,11-12H2,1H3/t18-,19+,24-,25+/m1/s1. The van der Waals surface area contributed by atoms with Gasteiger partial charge in [0.2, 0.25) is 0 Å². The van der Waals surface area contributed by atoms with Crippen molar-refractivity contribution in [1.29, 1.82) is 0 Å². The molecule has 2 aromatic carbocycles. The number of allylic oxidation sites excluding steroid dienone is 2. The molecule has 12 heteroatoms. The van der Waals surface area contributed by atoms with Crippen LogP contribution >= 0.6 is 23.2 Å². The maximum absolute atomic E-state index is 14.0. The van der Waals surface area contributed by atoms with Crippen LogP contribution in [-0.2, 0) is 23.2 Å². The van der Waals surface area contributed by atoms with Crippen molar-refractivity contribution in [3.63, 3.8) is 0 Å². The molecule has 1 saturated carbocycles. The summed E-state index contributed by atoms with van der Waals surface area (Å²) in [6, 6.07) is 9.90. The van der Waals surface area contributed by atoms with E-state index in [0.29, 0.717) is 11.1 Å². The van der Waals surface area contributed by atoms with Gasteiger partial charge in [0.1, 0.15) is 11.6 Å². The molecule has 3 heterocycles. The molecule has 1 N–H and O–H groups in total. The average Bonchev–Trinajstić information content (AvgIpc) is 3.19. The van der Waals surface area contributed by atoms with E-state index in [1.54, 1.807) is 18.2 Å². The van der Waals surface area contributed by atoms with E-state index < -0.39 is 50.7 Å². The Morgan fingerprint density at radius 2 is 1.59 bits per heavy atom. The van der Waals surface area contributed by atoms with Crippen molar-refractivity contribution in [2.24, 2.45) is 7.05 Å². The molecule has 1 aromatic heterocycles. The van der Waals surface area contributed by atoms with Crippen LogP contribution in [0, 0.1) is 5.82 Å². The highest BCUT2D eigenvalue weighted by Crippen LogP contribution is 2.63. The lowest BCUT2D eigenvalue weighted by atomic mass is 9.64. The Bertz CT molecular complexity index is 1640. The Labute approximate surface area is 218 Å². The zero-order valence-electron chi connectivity index (χ0n) is 19.3. The minimum Gasteiger partial charge on any atom is -0.508 e. The molecule has 6 rings (SSSR count). The third-order valence-electron chi connectivity index (χ3n) is 7.58.